The molecule has 84 valence electrons. The molecule has 0 saturated carbocycles. The zero-order chi connectivity index (χ0) is 11.3. The van der Waals surface area contributed by atoms with Crippen LogP contribution < -0.4 is 0 Å². The van der Waals surface area contributed by atoms with Crippen molar-refractivity contribution in [2.24, 2.45) is 5.41 Å². The number of aromatic nitrogens is 1. The molecule has 0 aromatic carbocycles. The molecule has 1 rings (SSSR count). The Bertz CT molecular complexity index is 307. The molecule has 0 spiro atoms. The van der Waals surface area contributed by atoms with Gasteiger partial charge in [0.15, 0.2) is 0 Å². The fraction of sp³-hybridized carbons (Fsp3) is 0.583. The Morgan fingerprint density at radius 1 is 1.33 bits per heavy atom. The van der Waals surface area contributed by atoms with E-state index in [1.807, 2.05) is 12.3 Å². The second-order valence-corrected chi connectivity index (χ2v) is 5.79. The maximum absolute atomic E-state index is 5.59. The van der Waals surface area contributed by atoms with Crippen molar-refractivity contribution >= 4 is 15.9 Å². The van der Waals surface area contributed by atoms with Gasteiger partial charge in [0.25, 0.3) is 0 Å². The van der Waals surface area contributed by atoms with E-state index in [2.05, 4.69) is 41.7 Å². The van der Waals surface area contributed by atoms with Crippen LogP contribution in [-0.2, 0) is 11.3 Å². The highest BCUT2D eigenvalue weighted by atomic mass is 79.9. The molecule has 1 aromatic rings. The molecule has 0 atom stereocenters. The van der Waals surface area contributed by atoms with E-state index in [1.54, 1.807) is 6.20 Å². The lowest BCUT2D eigenvalue weighted by atomic mass is 9.93. The van der Waals surface area contributed by atoms with Gasteiger partial charge in [-0.25, -0.2) is 0 Å². The molecule has 1 heterocycles. The molecule has 3 heteroatoms. The van der Waals surface area contributed by atoms with E-state index in [0.717, 1.165) is 23.1 Å². The molecule has 0 radical (unpaired) electrons. The molecule has 0 fully saturated rings. The molecule has 2 nitrogen and oxygen atoms in total. The summed E-state index contributed by atoms with van der Waals surface area (Å²) in [5.41, 5.74) is 1.45. The third kappa shape index (κ3) is 5.90. The summed E-state index contributed by atoms with van der Waals surface area (Å²) in [6.07, 6.45) is 4.69. The quantitative estimate of drug-likeness (QED) is 0.778. The summed E-state index contributed by atoms with van der Waals surface area (Å²) in [5, 5.41) is 0. The highest BCUT2D eigenvalue weighted by Gasteiger charge is 2.09. The summed E-state index contributed by atoms with van der Waals surface area (Å²) in [6, 6.07) is 2.03. The first-order valence-electron chi connectivity index (χ1n) is 5.14. The summed E-state index contributed by atoms with van der Waals surface area (Å²) in [7, 11) is 0. The predicted molar refractivity (Wildman–Crippen MR) is 65.7 cm³/mol. The Hall–Kier alpha value is -0.410. The molecule has 1 aromatic heterocycles. The fourth-order valence-electron chi connectivity index (χ4n) is 1.10. The molecule has 0 amide bonds. The highest BCUT2D eigenvalue weighted by molar-refractivity contribution is 9.10. The van der Waals surface area contributed by atoms with Crippen molar-refractivity contribution in [1.82, 2.24) is 4.98 Å². The first kappa shape index (κ1) is 12.7. The molecule has 0 N–H and O–H groups in total. The Labute approximate surface area is 100 Å². The summed E-state index contributed by atoms with van der Waals surface area (Å²) < 4.78 is 6.59. The maximum Gasteiger partial charge on any atom is 0.0732 e. The molecule has 0 aliphatic heterocycles. The molecular formula is C12H18BrNO. The fourth-order valence-corrected chi connectivity index (χ4v) is 1.52. The number of pyridine rings is 1. The van der Waals surface area contributed by atoms with Gasteiger partial charge in [-0.05, 0) is 39.4 Å². The van der Waals surface area contributed by atoms with Gasteiger partial charge in [-0.2, -0.15) is 0 Å². The van der Waals surface area contributed by atoms with E-state index in [9.17, 15) is 0 Å². The number of rotatable bonds is 4. The molecule has 15 heavy (non-hydrogen) atoms. The van der Waals surface area contributed by atoms with E-state index in [4.69, 9.17) is 4.74 Å². The predicted octanol–water partition coefficient (Wildman–Crippen LogP) is 3.80. The van der Waals surface area contributed by atoms with Crippen LogP contribution in [0.4, 0.5) is 0 Å². The van der Waals surface area contributed by atoms with Crippen LogP contribution in [-0.4, -0.2) is 11.6 Å². The maximum atomic E-state index is 5.59. The average Bonchev–Trinajstić information content (AvgIpc) is 2.11. The van der Waals surface area contributed by atoms with Crippen LogP contribution in [0.15, 0.2) is 22.9 Å². The largest absolute Gasteiger partial charge is 0.377 e. The van der Waals surface area contributed by atoms with E-state index < -0.39 is 0 Å². The van der Waals surface area contributed by atoms with Crippen LogP contribution >= 0.6 is 15.9 Å². The van der Waals surface area contributed by atoms with Crippen LogP contribution in [0, 0.1) is 5.41 Å². The molecule has 0 aliphatic rings. The van der Waals surface area contributed by atoms with Crippen molar-refractivity contribution < 1.29 is 4.74 Å². The summed E-state index contributed by atoms with van der Waals surface area (Å²) in [6.45, 7) is 8.10. The van der Waals surface area contributed by atoms with Crippen molar-refractivity contribution in [2.75, 3.05) is 6.61 Å². The van der Waals surface area contributed by atoms with E-state index in [-0.39, 0.29) is 0 Å². The summed E-state index contributed by atoms with van der Waals surface area (Å²) >= 11 is 3.38. The lowest BCUT2D eigenvalue weighted by Crippen LogP contribution is -2.09. The molecule has 0 aliphatic carbocycles. The molecule has 0 bridgehead atoms. The van der Waals surface area contributed by atoms with Gasteiger partial charge < -0.3 is 4.74 Å². The SMILES string of the molecule is CC(C)(C)CCOCc1cncc(Br)c1. The van der Waals surface area contributed by atoms with E-state index >= 15 is 0 Å². The Balaban J connectivity index is 2.26. The minimum absolute atomic E-state index is 0.343. The Kier molecular flexibility index (Phi) is 4.74. The molecule has 0 unspecified atom stereocenters. The van der Waals surface area contributed by atoms with Crippen molar-refractivity contribution in [1.29, 1.82) is 0 Å². The topological polar surface area (TPSA) is 22.1 Å². The Morgan fingerprint density at radius 3 is 2.67 bits per heavy atom. The first-order valence-corrected chi connectivity index (χ1v) is 5.94. The number of hydrogen-bond donors (Lipinski definition) is 0. The van der Waals surface area contributed by atoms with Gasteiger partial charge in [-0.1, -0.05) is 20.8 Å². The van der Waals surface area contributed by atoms with Gasteiger partial charge in [-0.3, -0.25) is 4.98 Å². The first-order chi connectivity index (χ1) is 6.97. The molecular weight excluding hydrogens is 254 g/mol. The number of halogens is 1. The Morgan fingerprint density at radius 2 is 2.07 bits per heavy atom. The van der Waals surface area contributed by atoms with Crippen LogP contribution in [0.3, 0.4) is 0 Å². The van der Waals surface area contributed by atoms with Gasteiger partial charge in [-0.15, -0.1) is 0 Å². The number of hydrogen-bond acceptors (Lipinski definition) is 2. The van der Waals surface area contributed by atoms with Crippen LogP contribution in [0.25, 0.3) is 0 Å². The second kappa shape index (κ2) is 5.61. The monoisotopic (exact) mass is 271 g/mol. The average molecular weight is 272 g/mol. The number of ether oxygens (including phenoxy) is 1. The van der Waals surface area contributed by atoms with Crippen molar-refractivity contribution in [2.45, 2.75) is 33.8 Å². The number of nitrogens with zero attached hydrogens (tertiary/aromatic N) is 1. The van der Waals surface area contributed by atoms with Crippen LogP contribution in [0.1, 0.15) is 32.8 Å². The lowest BCUT2D eigenvalue weighted by Gasteiger charge is -2.17. The van der Waals surface area contributed by atoms with E-state index in [1.165, 1.54) is 0 Å². The van der Waals surface area contributed by atoms with Gasteiger partial charge in [0.1, 0.15) is 0 Å². The third-order valence-corrected chi connectivity index (χ3v) is 2.46. The summed E-state index contributed by atoms with van der Waals surface area (Å²) in [4.78, 5) is 4.08. The normalized spacial score (nSPS) is 11.7. The van der Waals surface area contributed by atoms with Gasteiger partial charge >= 0.3 is 0 Å². The lowest BCUT2D eigenvalue weighted by molar-refractivity contribution is 0.0960. The van der Waals surface area contributed by atoms with Crippen molar-refractivity contribution in [3.05, 3.63) is 28.5 Å². The standard InChI is InChI=1S/C12H18BrNO/c1-12(2,3)4-5-15-9-10-6-11(13)8-14-7-10/h6-8H,4-5,9H2,1-3H3. The van der Waals surface area contributed by atoms with Crippen molar-refractivity contribution in [3.63, 3.8) is 0 Å². The van der Waals surface area contributed by atoms with Gasteiger partial charge in [0.05, 0.1) is 6.61 Å². The van der Waals surface area contributed by atoms with Crippen LogP contribution in [0.5, 0.6) is 0 Å². The third-order valence-electron chi connectivity index (χ3n) is 2.03. The zero-order valence-corrected chi connectivity index (χ0v) is 11.2. The van der Waals surface area contributed by atoms with Crippen LogP contribution in [0.2, 0.25) is 0 Å². The van der Waals surface area contributed by atoms with Crippen molar-refractivity contribution in [3.8, 4) is 0 Å². The smallest absolute Gasteiger partial charge is 0.0732 e. The van der Waals surface area contributed by atoms with Gasteiger partial charge in [0.2, 0.25) is 0 Å². The summed E-state index contributed by atoms with van der Waals surface area (Å²) in [5.74, 6) is 0. The minimum Gasteiger partial charge on any atom is -0.377 e. The highest BCUT2D eigenvalue weighted by Crippen LogP contribution is 2.18. The van der Waals surface area contributed by atoms with E-state index in [0.29, 0.717) is 12.0 Å². The van der Waals surface area contributed by atoms with Gasteiger partial charge in [0, 0.05) is 23.5 Å². The zero-order valence-electron chi connectivity index (χ0n) is 9.59. The molecule has 0 saturated heterocycles. The minimum atomic E-state index is 0.343. The second-order valence-electron chi connectivity index (χ2n) is 4.87.